The fourth-order valence-electron chi connectivity index (χ4n) is 2.18. The number of ether oxygens (including phenoxy) is 1. The molecule has 1 fully saturated rings. The Bertz CT molecular complexity index is 357. The van der Waals surface area contributed by atoms with E-state index in [0.29, 0.717) is 6.10 Å². The average molecular weight is 192 g/mol. The van der Waals surface area contributed by atoms with Gasteiger partial charge in [-0.1, -0.05) is 0 Å². The third-order valence-electron chi connectivity index (χ3n) is 3.15. The highest BCUT2D eigenvalue weighted by Gasteiger charge is 2.34. The molecule has 0 bridgehead atoms. The zero-order valence-electron chi connectivity index (χ0n) is 8.00. The van der Waals surface area contributed by atoms with Crippen LogP contribution in [0.25, 0.3) is 0 Å². The van der Waals surface area contributed by atoms with Crippen molar-refractivity contribution in [2.45, 2.75) is 31.8 Å². The Hall–Kier alpha value is -1.05. The van der Waals surface area contributed by atoms with Gasteiger partial charge in [0, 0.05) is 0 Å². The molecular weight excluding hydrogens is 179 g/mol. The fourth-order valence-corrected chi connectivity index (χ4v) is 2.18. The molecule has 1 aromatic rings. The number of fused-ring (bicyclic) bond motifs is 1. The van der Waals surface area contributed by atoms with Gasteiger partial charge in [0.2, 0.25) is 0 Å². The molecule has 2 heteroatoms. The Morgan fingerprint density at radius 1 is 1.21 bits per heavy atom. The van der Waals surface area contributed by atoms with Gasteiger partial charge in [-0.3, -0.25) is 0 Å². The maximum Gasteiger partial charge on any atom is 0.123 e. The number of halogens is 1. The van der Waals surface area contributed by atoms with Crippen molar-refractivity contribution in [2.24, 2.45) is 5.92 Å². The molecule has 3 rings (SSSR count). The van der Waals surface area contributed by atoms with Crippen molar-refractivity contribution in [2.75, 3.05) is 0 Å². The minimum absolute atomic E-state index is 0.155. The highest BCUT2D eigenvalue weighted by molar-refractivity contribution is 5.36. The first-order valence-corrected chi connectivity index (χ1v) is 5.28. The van der Waals surface area contributed by atoms with E-state index in [9.17, 15) is 4.39 Å². The fraction of sp³-hybridized carbons (Fsp3) is 0.500. The molecule has 1 saturated carbocycles. The van der Waals surface area contributed by atoms with E-state index in [-0.39, 0.29) is 5.82 Å². The lowest BCUT2D eigenvalue weighted by Gasteiger charge is -2.25. The minimum atomic E-state index is -0.155. The number of benzene rings is 1. The average Bonchev–Trinajstić information content (AvgIpc) is 3.00. The van der Waals surface area contributed by atoms with Crippen LogP contribution < -0.4 is 4.74 Å². The van der Waals surface area contributed by atoms with Gasteiger partial charge in [0.15, 0.2) is 0 Å². The summed E-state index contributed by atoms with van der Waals surface area (Å²) in [6, 6.07) is 4.84. The van der Waals surface area contributed by atoms with Crippen LogP contribution in [0.4, 0.5) is 4.39 Å². The normalized spacial score (nSPS) is 25.4. The summed E-state index contributed by atoms with van der Waals surface area (Å²) in [5.41, 5.74) is 1.03. The van der Waals surface area contributed by atoms with Crippen LogP contribution in [0.2, 0.25) is 0 Å². The van der Waals surface area contributed by atoms with Gasteiger partial charge in [-0.2, -0.15) is 0 Å². The van der Waals surface area contributed by atoms with E-state index in [2.05, 4.69) is 0 Å². The Labute approximate surface area is 82.9 Å². The van der Waals surface area contributed by atoms with Gasteiger partial charge in [0.25, 0.3) is 0 Å². The van der Waals surface area contributed by atoms with E-state index in [1.165, 1.54) is 18.9 Å². The molecule has 1 nitrogen and oxygen atoms in total. The number of hydrogen-bond donors (Lipinski definition) is 0. The van der Waals surface area contributed by atoms with Gasteiger partial charge in [0.05, 0.1) is 0 Å². The van der Waals surface area contributed by atoms with Crippen molar-refractivity contribution < 1.29 is 9.13 Å². The third-order valence-corrected chi connectivity index (χ3v) is 3.15. The molecule has 1 unspecified atom stereocenters. The summed E-state index contributed by atoms with van der Waals surface area (Å²) in [5, 5.41) is 0. The van der Waals surface area contributed by atoms with E-state index >= 15 is 0 Å². The summed E-state index contributed by atoms with van der Waals surface area (Å²) >= 11 is 0. The summed E-state index contributed by atoms with van der Waals surface area (Å²) in [6.07, 6.45) is 5.03. The lowest BCUT2D eigenvalue weighted by molar-refractivity contribution is 0.151. The molecule has 0 radical (unpaired) electrons. The largest absolute Gasteiger partial charge is 0.490 e. The van der Waals surface area contributed by atoms with Crippen LogP contribution in [-0.4, -0.2) is 6.10 Å². The molecule has 1 aromatic carbocycles. The first-order chi connectivity index (χ1) is 6.83. The summed E-state index contributed by atoms with van der Waals surface area (Å²) in [7, 11) is 0. The van der Waals surface area contributed by atoms with Crippen LogP contribution in [0, 0.1) is 11.7 Å². The summed E-state index contributed by atoms with van der Waals surface area (Å²) in [6.45, 7) is 0. The number of rotatable bonds is 1. The molecule has 0 saturated heterocycles. The van der Waals surface area contributed by atoms with Gasteiger partial charge in [-0.05, 0) is 55.4 Å². The monoisotopic (exact) mass is 192 g/mol. The molecule has 1 aliphatic heterocycles. The van der Waals surface area contributed by atoms with Crippen LogP contribution in [0.5, 0.6) is 5.75 Å². The summed E-state index contributed by atoms with van der Waals surface area (Å²) in [4.78, 5) is 0. The van der Waals surface area contributed by atoms with Crippen LogP contribution in [0.15, 0.2) is 18.2 Å². The zero-order valence-corrected chi connectivity index (χ0v) is 8.00. The maximum absolute atomic E-state index is 12.9. The Morgan fingerprint density at radius 3 is 2.86 bits per heavy atom. The molecule has 1 aliphatic carbocycles. The summed E-state index contributed by atoms with van der Waals surface area (Å²) < 4.78 is 18.8. The number of hydrogen-bond acceptors (Lipinski definition) is 1. The predicted octanol–water partition coefficient (Wildman–Crippen LogP) is 2.93. The zero-order chi connectivity index (χ0) is 9.54. The van der Waals surface area contributed by atoms with Gasteiger partial charge in [0.1, 0.15) is 17.7 Å². The predicted molar refractivity (Wildman–Crippen MR) is 51.9 cm³/mol. The van der Waals surface area contributed by atoms with Crippen molar-refractivity contribution >= 4 is 0 Å². The Balaban J connectivity index is 1.86. The van der Waals surface area contributed by atoms with Gasteiger partial charge in [-0.25, -0.2) is 4.39 Å². The van der Waals surface area contributed by atoms with Crippen LogP contribution in [0.3, 0.4) is 0 Å². The van der Waals surface area contributed by atoms with E-state index in [1.54, 1.807) is 12.1 Å². The van der Waals surface area contributed by atoms with E-state index in [1.807, 2.05) is 0 Å². The van der Waals surface area contributed by atoms with E-state index < -0.39 is 0 Å². The lowest BCUT2D eigenvalue weighted by Crippen LogP contribution is -2.24. The molecule has 0 N–H and O–H groups in total. The third kappa shape index (κ3) is 1.39. The highest BCUT2D eigenvalue weighted by Crippen LogP contribution is 2.40. The van der Waals surface area contributed by atoms with Crippen molar-refractivity contribution in [3.63, 3.8) is 0 Å². The lowest BCUT2D eigenvalue weighted by atomic mass is 10.00. The van der Waals surface area contributed by atoms with Crippen LogP contribution >= 0.6 is 0 Å². The second-order valence-electron chi connectivity index (χ2n) is 4.28. The van der Waals surface area contributed by atoms with Crippen molar-refractivity contribution in [1.29, 1.82) is 0 Å². The van der Waals surface area contributed by atoms with Gasteiger partial charge in [-0.15, -0.1) is 0 Å². The molecule has 0 aromatic heterocycles. The SMILES string of the molecule is Fc1ccc2c(c1)CCC(C1CC1)O2. The van der Waals surface area contributed by atoms with Crippen molar-refractivity contribution in [3.05, 3.63) is 29.6 Å². The van der Waals surface area contributed by atoms with Gasteiger partial charge < -0.3 is 4.74 Å². The summed E-state index contributed by atoms with van der Waals surface area (Å²) in [5.74, 6) is 1.51. The molecule has 0 amide bonds. The smallest absolute Gasteiger partial charge is 0.123 e. The second-order valence-corrected chi connectivity index (χ2v) is 4.28. The maximum atomic E-state index is 12.9. The molecule has 1 heterocycles. The molecule has 1 atom stereocenters. The van der Waals surface area contributed by atoms with Crippen LogP contribution in [-0.2, 0) is 6.42 Å². The molecule has 14 heavy (non-hydrogen) atoms. The first kappa shape index (κ1) is 8.27. The topological polar surface area (TPSA) is 9.23 Å². The second kappa shape index (κ2) is 2.97. The van der Waals surface area contributed by atoms with Gasteiger partial charge >= 0.3 is 0 Å². The van der Waals surface area contributed by atoms with Crippen LogP contribution in [0.1, 0.15) is 24.8 Å². The quantitative estimate of drug-likeness (QED) is 0.664. The molecule has 0 spiro atoms. The van der Waals surface area contributed by atoms with Crippen molar-refractivity contribution in [3.8, 4) is 5.75 Å². The Kier molecular flexibility index (Phi) is 1.76. The standard InChI is InChI=1S/C12H13FO/c13-10-4-6-12-9(7-10)3-5-11(14-12)8-1-2-8/h4,6-8,11H,1-3,5H2. The first-order valence-electron chi connectivity index (χ1n) is 5.28. The van der Waals surface area contributed by atoms with Crippen molar-refractivity contribution in [1.82, 2.24) is 0 Å². The van der Waals surface area contributed by atoms with E-state index in [4.69, 9.17) is 4.74 Å². The molecular formula is C12H13FO. The molecule has 74 valence electrons. The molecule has 2 aliphatic rings. The van der Waals surface area contributed by atoms with E-state index in [0.717, 1.165) is 30.1 Å². The Morgan fingerprint density at radius 2 is 2.07 bits per heavy atom. The number of aryl methyl sites for hydroxylation is 1. The highest BCUT2D eigenvalue weighted by atomic mass is 19.1. The minimum Gasteiger partial charge on any atom is -0.490 e.